The molecule has 6 nitrogen and oxygen atoms in total. The van der Waals surface area contributed by atoms with Crippen molar-refractivity contribution in [3.63, 3.8) is 0 Å². The van der Waals surface area contributed by atoms with Gasteiger partial charge in [0.2, 0.25) is 0 Å². The number of halogens is 1. The summed E-state index contributed by atoms with van der Waals surface area (Å²) in [6, 6.07) is 7.81. The second-order valence-electron chi connectivity index (χ2n) is 5.71. The van der Waals surface area contributed by atoms with E-state index in [4.69, 9.17) is 21.1 Å². The third-order valence-corrected chi connectivity index (χ3v) is 4.15. The number of aliphatic imine (C=N–C) groups is 1. The molecule has 0 fully saturated rings. The SMILES string of the molecule is CN=C(NCc1ccc(OC)c(OC)c1)N(C)Cc1cc(Cl)cn1C. The van der Waals surface area contributed by atoms with E-state index in [1.807, 2.05) is 54.0 Å². The van der Waals surface area contributed by atoms with E-state index >= 15 is 0 Å². The number of nitrogens with zero attached hydrogens (tertiary/aromatic N) is 3. The Balaban J connectivity index is 2.01. The lowest BCUT2D eigenvalue weighted by atomic mass is 10.2. The minimum atomic E-state index is 0.630. The lowest BCUT2D eigenvalue weighted by Gasteiger charge is -2.22. The first-order chi connectivity index (χ1) is 12.0. The molecule has 1 aromatic carbocycles. The van der Waals surface area contributed by atoms with Crippen molar-refractivity contribution in [2.45, 2.75) is 13.1 Å². The van der Waals surface area contributed by atoms with Gasteiger partial charge in [0.25, 0.3) is 0 Å². The van der Waals surface area contributed by atoms with Crippen LogP contribution in [0.15, 0.2) is 35.5 Å². The van der Waals surface area contributed by atoms with Crippen molar-refractivity contribution < 1.29 is 9.47 Å². The number of guanidine groups is 1. The Hall–Kier alpha value is -2.34. The van der Waals surface area contributed by atoms with Gasteiger partial charge in [-0.25, -0.2) is 0 Å². The highest BCUT2D eigenvalue weighted by Crippen LogP contribution is 2.27. The first-order valence-corrected chi connectivity index (χ1v) is 8.29. The summed E-state index contributed by atoms with van der Waals surface area (Å²) in [5, 5.41) is 4.09. The van der Waals surface area contributed by atoms with Crippen LogP contribution in [-0.2, 0) is 20.1 Å². The highest BCUT2D eigenvalue weighted by atomic mass is 35.5. The maximum absolute atomic E-state index is 6.05. The summed E-state index contributed by atoms with van der Waals surface area (Å²) in [6.07, 6.45) is 1.89. The maximum Gasteiger partial charge on any atom is 0.194 e. The van der Waals surface area contributed by atoms with E-state index in [0.717, 1.165) is 22.2 Å². The number of methoxy groups -OCH3 is 2. The summed E-state index contributed by atoms with van der Waals surface area (Å²) in [5.41, 5.74) is 2.19. The minimum Gasteiger partial charge on any atom is -0.493 e. The van der Waals surface area contributed by atoms with Gasteiger partial charge in [-0.1, -0.05) is 17.7 Å². The summed E-state index contributed by atoms with van der Waals surface area (Å²) >= 11 is 6.05. The van der Waals surface area contributed by atoms with Crippen LogP contribution in [0.1, 0.15) is 11.3 Å². The second kappa shape index (κ2) is 8.67. The van der Waals surface area contributed by atoms with E-state index in [1.165, 1.54) is 0 Å². The van der Waals surface area contributed by atoms with Crippen LogP contribution in [0.4, 0.5) is 0 Å². The highest BCUT2D eigenvalue weighted by Gasteiger charge is 2.10. The second-order valence-corrected chi connectivity index (χ2v) is 6.14. The van der Waals surface area contributed by atoms with Crippen LogP contribution in [-0.4, -0.2) is 43.7 Å². The van der Waals surface area contributed by atoms with E-state index < -0.39 is 0 Å². The Labute approximate surface area is 154 Å². The van der Waals surface area contributed by atoms with Gasteiger partial charge in [0.05, 0.1) is 25.8 Å². The largest absolute Gasteiger partial charge is 0.493 e. The van der Waals surface area contributed by atoms with E-state index in [2.05, 4.69) is 10.3 Å². The quantitative estimate of drug-likeness (QED) is 0.632. The molecule has 2 aromatic rings. The fraction of sp³-hybridized carbons (Fsp3) is 0.389. The molecule has 0 atom stereocenters. The molecule has 0 unspecified atom stereocenters. The van der Waals surface area contributed by atoms with Gasteiger partial charge < -0.3 is 24.3 Å². The van der Waals surface area contributed by atoms with E-state index in [-0.39, 0.29) is 0 Å². The van der Waals surface area contributed by atoms with Gasteiger partial charge in [-0.05, 0) is 23.8 Å². The Morgan fingerprint density at radius 1 is 1.24 bits per heavy atom. The summed E-state index contributed by atoms with van der Waals surface area (Å²) < 4.78 is 12.6. The maximum atomic E-state index is 6.05. The molecule has 25 heavy (non-hydrogen) atoms. The van der Waals surface area contributed by atoms with Crippen molar-refractivity contribution in [2.75, 3.05) is 28.3 Å². The number of aromatic nitrogens is 1. The summed E-state index contributed by atoms with van der Waals surface area (Å²) in [7, 11) is 9.00. The molecule has 0 saturated heterocycles. The number of rotatable bonds is 6. The molecule has 0 aliphatic rings. The third-order valence-electron chi connectivity index (χ3n) is 3.95. The van der Waals surface area contributed by atoms with Crippen molar-refractivity contribution >= 4 is 17.6 Å². The Bertz CT molecular complexity index is 743. The van der Waals surface area contributed by atoms with Gasteiger partial charge in [-0.2, -0.15) is 0 Å². The van der Waals surface area contributed by atoms with Crippen molar-refractivity contribution in [2.24, 2.45) is 12.0 Å². The van der Waals surface area contributed by atoms with Gasteiger partial charge in [-0.15, -0.1) is 0 Å². The van der Waals surface area contributed by atoms with E-state index in [1.54, 1.807) is 21.3 Å². The molecule has 0 bridgehead atoms. The normalized spacial score (nSPS) is 11.4. The zero-order valence-electron chi connectivity index (χ0n) is 15.3. The Kier molecular flexibility index (Phi) is 6.58. The first-order valence-electron chi connectivity index (χ1n) is 7.92. The van der Waals surface area contributed by atoms with Crippen LogP contribution >= 0.6 is 11.6 Å². The summed E-state index contributed by atoms with van der Waals surface area (Å²) in [5.74, 6) is 2.23. The molecule has 136 valence electrons. The van der Waals surface area contributed by atoms with Crippen molar-refractivity contribution in [1.82, 2.24) is 14.8 Å². The first kappa shape index (κ1) is 19.0. The van der Waals surface area contributed by atoms with Crippen molar-refractivity contribution in [3.8, 4) is 11.5 Å². The van der Waals surface area contributed by atoms with Gasteiger partial charge >= 0.3 is 0 Å². The number of benzene rings is 1. The number of hydrogen-bond acceptors (Lipinski definition) is 3. The van der Waals surface area contributed by atoms with Crippen LogP contribution in [0.25, 0.3) is 0 Å². The lowest BCUT2D eigenvalue weighted by Crippen LogP contribution is -2.38. The standard InChI is InChI=1S/C18H25ClN4O2/c1-20-18(23(3)12-15-9-14(19)11-22(15)2)21-10-13-6-7-16(24-4)17(8-13)25-5/h6-9,11H,10,12H2,1-5H3,(H,20,21). The predicted octanol–water partition coefficient (Wildman–Crippen LogP) is 2.90. The molecule has 0 radical (unpaired) electrons. The number of nitrogens with one attached hydrogen (secondary N) is 1. The van der Waals surface area contributed by atoms with Crippen LogP contribution < -0.4 is 14.8 Å². The minimum absolute atomic E-state index is 0.630. The van der Waals surface area contributed by atoms with Crippen molar-refractivity contribution in [1.29, 1.82) is 0 Å². The average Bonchev–Trinajstić information content (AvgIpc) is 2.92. The summed E-state index contributed by atoms with van der Waals surface area (Å²) in [4.78, 5) is 6.39. The van der Waals surface area contributed by atoms with Gasteiger partial charge in [0, 0.05) is 39.6 Å². The third kappa shape index (κ3) is 4.82. The highest BCUT2D eigenvalue weighted by molar-refractivity contribution is 6.30. The molecule has 0 spiro atoms. The molecular formula is C18H25ClN4O2. The topological polar surface area (TPSA) is 51.0 Å². The van der Waals surface area contributed by atoms with Gasteiger partial charge in [0.1, 0.15) is 0 Å². The molecule has 0 aliphatic carbocycles. The molecule has 1 aromatic heterocycles. The van der Waals surface area contributed by atoms with Crippen molar-refractivity contribution in [3.05, 3.63) is 46.7 Å². The van der Waals surface area contributed by atoms with E-state index in [9.17, 15) is 0 Å². The molecule has 1 heterocycles. The molecule has 0 amide bonds. The van der Waals surface area contributed by atoms with Crippen LogP contribution in [0, 0.1) is 0 Å². The van der Waals surface area contributed by atoms with Crippen LogP contribution in [0.3, 0.4) is 0 Å². The van der Waals surface area contributed by atoms with Gasteiger partial charge in [-0.3, -0.25) is 4.99 Å². The Morgan fingerprint density at radius 3 is 2.52 bits per heavy atom. The number of hydrogen-bond donors (Lipinski definition) is 1. The fourth-order valence-electron chi connectivity index (χ4n) is 2.60. The predicted molar refractivity (Wildman–Crippen MR) is 102 cm³/mol. The van der Waals surface area contributed by atoms with Crippen LogP contribution in [0.2, 0.25) is 5.02 Å². The van der Waals surface area contributed by atoms with E-state index in [0.29, 0.717) is 24.6 Å². The average molecular weight is 365 g/mol. The fourth-order valence-corrected chi connectivity index (χ4v) is 2.87. The molecule has 2 rings (SSSR count). The molecule has 1 N–H and O–H groups in total. The molecule has 0 aliphatic heterocycles. The molecular weight excluding hydrogens is 340 g/mol. The molecule has 0 saturated carbocycles. The van der Waals surface area contributed by atoms with Gasteiger partial charge in [0.15, 0.2) is 17.5 Å². The smallest absolute Gasteiger partial charge is 0.194 e. The number of ether oxygens (including phenoxy) is 2. The zero-order chi connectivity index (χ0) is 18.4. The Morgan fingerprint density at radius 2 is 1.96 bits per heavy atom. The monoisotopic (exact) mass is 364 g/mol. The molecule has 7 heteroatoms. The zero-order valence-corrected chi connectivity index (χ0v) is 16.1. The lowest BCUT2D eigenvalue weighted by molar-refractivity contribution is 0.354. The van der Waals surface area contributed by atoms with Crippen LogP contribution in [0.5, 0.6) is 11.5 Å². The summed E-state index contributed by atoms with van der Waals surface area (Å²) in [6.45, 7) is 1.33. The number of aryl methyl sites for hydroxylation is 1.